The van der Waals surface area contributed by atoms with Gasteiger partial charge < -0.3 is 14.4 Å². The summed E-state index contributed by atoms with van der Waals surface area (Å²) in [5, 5.41) is 13.4. The predicted molar refractivity (Wildman–Crippen MR) is 399 cm³/mol. The molecule has 0 unspecified atom stereocenters. The SMILES string of the molecule is N#Cc1cc(-c2nc(-c3ccccc3)cc(-c3ccccc3)n2)ccc1-n1c2ccccc2c2cc(-c3cc4c5c(c3)N(c3cc(-c6ccccc6)cc(-c6ccccc6)c3)c3ccccc3B5c3ccccc3N4c3cc(-c4ccccc4)cc(-c4ccccc4)c3)ccc21. The smallest absolute Gasteiger partial charge is 0.252 e. The zero-order valence-corrected chi connectivity index (χ0v) is 52.2. The Morgan fingerprint density at radius 2 is 0.667 bits per heavy atom. The van der Waals surface area contributed by atoms with Crippen molar-refractivity contribution < 1.29 is 0 Å². The Bertz CT molecular complexity index is 5360. The van der Waals surface area contributed by atoms with Gasteiger partial charge in [-0.2, -0.15) is 5.26 Å². The number of anilines is 6. The average molecular weight is 1220 g/mol. The fourth-order valence-corrected chi connectivity index (χ4v) is 14.8. The summed E-state index contributed by atoms with van der Waals surface area (Å²) in [5.41, 5.74) is 29.2. The first-order chi connectivity index (χ1) is 47.5. The van der Waals surface area contributed by atoms with E-state index < -0.39 is 0 Å². The van der Waals surface area contributed by atoms with Crippen LogP contribution in [0.1, 0.15) is 5.56 Å². The second-order valence-corrected chi connectivity index (χ2v) is 24.8. The number of hydrogen-bond donors (Lipinski definition) is 0. The summed E-state index contributed by atoms with van der Waals surface area (Å²) in [7, 11) is 0. The van der Waals surface area contributed by atoms with Gasteiger partial charge in [0.2, 0.25) is 0 Å². The van der Waals surface area contributed by atoms with Crippen LogP contribution in [0.5, 0.6) is 0 Å². The Morgan fingerprint density at radius 3 is 1.14 bits per heavy atom. The lowest BCUT2D eigenvalue weighted by Gasteiger charge is -2.44. The molecule has 0 spiro atoms. The molecule has 4 heterocycles. The molecule has 16 aromatic rings. The van der Waals surface area contributed by atoms with Crippen molar-refractivity contribution >= 4 is 79.0 Å². The molecule has 0 amide bonds. The van der Waals surface area contributed by atoms with Crippen LogP contribution in [0.3, 0.4) is 0 Å². The maximum Gasteiger partial charge on any atom is 0.252 e. The normalized spacial score (nSPS) is 12.1. The first-order valence-electron chi connectivity index (χ1n) is 32.6. The zero-order chi connectivity index (χ0) is 63.6. The molecule has 18 rings (SSSR count). The van der Waals surface area contributed by atoms with Crippen LogP contribution in [0.25, 0.3) is 117 Å². The molecule has 0 N–H and O–H groups in total. The van der Waals surface area contributed by atoms with Gasteiger partial charge in [-0.15, -0.1) is 0 Å². The van der Waals surface area contributed by atoms with Crippen LogP contribution in [-0.2, 0) is 0 Å². The van der Waals surface area contributed by atoms with Gasteiger partial charge in [-0.25, -0.2) is 9.97 Å². The third-order valence-corrected chi connectivity index (χ3v) is 19.2. The van der Waals surface area contributed by atoms with Crippen LogP contribution in [-0.4, -0.2) is 21.2 Å². The topological polar surface area (TPSA) is 61.0 Å². The van der Waals surface area contributed by atoms with Crippen LogP contribution in [0.15, 0.2) is 346 Å². The Labute approximate surface area is 557 Å². The standard InChI is InChI=1S/C89H57BN6/c91-58-72-47-66(89-92-79(63-33-15-5-16-34-63)57-80(93-89)64-35-17-6-18-36-64)44-45-81(72)96-82-40-22-19-37-75(82)76-54-65(43-46-83(76)96)71-55-86-88-87(56-71)95(74-52-69(61-29-11-3-12-30-61)49-70(53-74)62-31-13-4-14-32-62)85-42-24-21-39-78(85)90(88)77-38-20-23-41-84(77)94(86)73-50-67(59-25-7-1-8-26-59)48-68(51-73)60-27-9-2-10-28-60/h1-57H. The Kier molecular flexibility index (Phi) is 13.6. The number of para-hydroxylation sites is 3. The van der Waals surface area contributed by atoms with Crippen LogP contribution in [0.4, 0.5) is 34.1 Å². The second kappa shape index (κ2) is 23.3. The Morgan fingerprint density at radius 1 is 0.271 bits per heavy atom. The molecular weight excluding hydrogens is 1160 g/mol. The van der Waals surface area contributed by atoms with Crippen molar-refractivity contribution in [1.82, 2.24) is 14.5 Å². The number of fused-ring (bicyclic) bond motifs is 7. The van der Waals surface area contributed by atoms with E-state index in [4.69, 9.17) is 9.97 Å². The van der Waals surface area contributed by atoms with Gasteiger partial charge in [0.05, 0.1) is 33.7 Å². The van der Waals surface area contributed by atoms with Crippen molar-refractivity contribution in [3.05, 3.63) is 351 Å². The molecule has 2 aliphatic heterocycles. The molecule has 96 heavy (non-hydrogen) atoms. The van der Waals surface area contributed by atoms with E-state index in [9.17, 15) is 5.26 Å². The monoisotopic (exact) mass is 1220 g/mol. The van der Waals surface area contributed by atoms with E-state index in [2.05, 4.69) is 318 Å². The number of aromatic nitrogens is 3. The Hall–Kier alpha value is -12.9. The summed E-state index contributed by atoms with van der Waals surface area (Å²) in [6, 6.07) is 127. The van der Waals surface area contributed by atoms with E-state index in [-0.39, 0.29) is 6.71 Å². The van der Waals surface area contributed by atoms with Crippen LogP contribution >= 0.6 is 0 Å². The molecule has 0 radical (unpaired) electrons. The summed E-state index contributed by atoms with van der Waals surface area (Å²) >= 11 is 0. The van der Waals surface area contributed by atoms with Gasteiger partial charge >= 0.3 is 0 Å². The minimum absolute atomic E-state index is 0.104. The number of rotatable bonds is 11. The average Bonchev–Trinajstić information content (AvgIpc) is 0.797. The number of benzene rings is 14. The highest BCUT2D eigenvalue weighted by Crippen LogP contribution is 2.49. The van der Waals surface area contributed by atoms with Crippen molar-refractivity contribution in [2.75, 3.05) is 9.80 Å². The van der Waals surface area contributed by atoms with Crippen LogP contribution < -0.4 is 26.2 Å². The highest BCUT2D eigenvalue weighted by Gasteiger charge is 2.44. The van der Waals surface area contributed by atoms with Crippen molar-refractivity contribution in [1.29, 1.82) is 5.26 Å². The molecule has 2 aliphatic rings. The maximum absolute atomic E-state index is 11.3. The van der Waals surface area contributed by atoms with Gasteiger partial charge in [0.1, 0.15) is 6.07 Å². The first kappa shape index (κ1) is 55.9. The lowest BCUT2D eigenvalue weighted by atomic mass is 9.33. The summed E-state index contributed by atoms with van der Waals surface area (Å²) in [6.45, 7) is -0.104. The molecule has 446 valence electrons. The molecule has 7 heteroatoms. The van der Waals surface area contributed by atoms with E-state index >= 15 is 0 Å². The molecule has 14 aromatic carbocycles. The molecule has 0 fully saturated rings. The van der Waals surface area contributed by atoms with Crippen molar-refractivity contribution in [2.45, 2.75) is 0 Å². The lowest BCUT2D eigenvalue weighted by molar-refractivity contribution is 1.15. The molecule has 0 aliphatic carbocycles. The summed E-state index contributed by atoms with van der Waals surface area (Å²) in [5.74, 6) is 0.547. The van der Waals surface area contributed by atoms with Gasteiger partial charge in [-0.1, -0.05) is 243 Å². The molecule has 0 saturated heterocycles. The molecular formula is C89H57BN6. The number of nitriles is 1. The second-order valence-electron chi connectivity index (χ2n) is 24.8. The summed E-state index contributed by atoms with van der Waals surface area (Å²) in [6.07, 6.45) is 0. The Balaban J connectivity index is 0.866. The van der Waals surface area contributed by atoms with Crippen molar-refractivity contribution in [3.63, 3.8) is 0 Å². The highest BCUT2D eigenvalue weighted by atomic mass is 15.2. The number of hydrogen-bond acceptors (Lipinski definition) is 5. The van der Waals surface area contributed by atoms with Gasteiger partial charge in [-0.05, 0) is 175 Å². The summed E-state index contributed by atoms with van der Waals surface area (Å²) < 4.78 is 2.25. The third-order valence-electron chi connectivity index (χ3n) is 19.2. The molecule has 0 saturated carbocycles. The fourth-order valence-electron chi connectivity index (χ4n) is 14.8. The minimum Gasteiger partial charge on any atom is -0.311 e. The largest absolute Gasteiger partial charge is 0.311 e. The summed E-state index contributed by atoms with van der Waals surface area (Å²) in [4.78, 5) is 15.4. The van der Waals surface area contributed by atoms with Gasteiger partial charge in [0.15, 0.2) is 5.82 Å². The lowest BCUT2D eigenvalue weighted by Crippen LogP contribution is -2.61. The fraction of sp³-hybridized carbons (Fsp3) is 0. The number of nitrogens with zero attached hydrogens (tertiary/aromatic N) is 6. The van der Waals surface area contributed by atoms with E-state index in [1.807, 2.05) is 48.5 Å². The van der Waals surface area contributed by atoms with E-state index in [0.29, 0.717) is 11.4 Å². The van der Waals surface area contributed by atoms with Gasteiger partial charge in [0, 0.05) is 61.6 Å². The molecule has 2 aromatic heterocycles. The molecule has 0 bridgehead atoms. The van der Waals surface area contributed by atoms with E-state index in [0.717, 1.165) is 145 Å². The highest BCUT2D eigenvalue weighted by molar-refractivity contribution is 7.00. The quantitative estimate of drug-likeness (QED) is 0.121. The van der Waals surface area contributed by atoms with Gasteiger partial charge in [0.25, 0.3) is 6.71 Å². The van der Waals surface area contributed by atoms with Gasteiger partial charge in [-0.3, -0.25) is 0 Å². The molecule has 0 atom stereocenters. The maximum atomic E-state index is 11.3. The third kappa shape index (κ3) is 9.66. The van der Waals surface area contributed by atoms with Crippen molar-refractivity contribution in [2.24, 2.45) is 0 Å². The van der Waals surface area contributed by atoms with Crippen LogP contribution in [0.2, 0.25) is 0 Å². The predicted octanol–water partition coefficient (Wildman–Crippen LogP) is 20.9. The van der Waals surface area contributed by atoms with E-state index in [1.54, 1.807) is 0 Å². The zero-order valence-electron chi connectivity index (χ0n) is 52.2. The van der Waals surface area contributed by atoms with Crippen LogP contribution in [0, 0.1) is 11.3 Å². The first-order valence-corrected chi connectivity index (χ1v) is 32.6. The van der Waals surface area contributed by atoms with Crippen molar-refractivity contribution in [3.8, 4) is 101 Å². The molecule has 6 nitrogen and oxygen atoms in total. The minimum atomic E-state index is -0.104. The van der Waals surface area contributed by atoms with E-state index in [1.165, 1.54) is 16.4 Å².